The van der Waals surface area contributed by atoms with Crippen molar-refractivity contribution in [3.63, 3.8) is 0 Å². The number of hydrogen-bond donors (Lipinski definition) is 0. The quantitative estimate of drug-likeness (QED) is 0.737. The van der Waals surface area contributed by atoms with Gasteiger partial charge in [-0.2, -0.15) is 0 Å². The molecule has 25 heavy (non-hydrogen) atoms. The fourth-order valence-corrected chi connectivity index (χ4v) is 2.91. The van der Waals surface area contributed by atoms with E-state index in [9.17, 15) is 4.79 Å². The Balaban J connectivity index is 2.40. The number of likely N-dealkylation sites (N-methyl/N-ethyl adjacent to an activating group) is 2. The van der Waals surface area contributed by atoms with E-state index in [-0.39, 0.29) is 5.91 Å². The van der Waals surface area contributed by atoms with Crippen molar-refractivity contribution in [3.8, 4) is 0 Å². The number of fused-ring (bicyclic) bond motifs is 1. The van der Waals surface area contributed by atoms with Crippen LogP contribution in [0.25, 0.3) is 5.65 Å². The van der Waals surface area contributed by atoms with Gasteiger partial charge in [-0.3, -0.25) is 9.20 Å². The van der Waals surface area contributed by atoms with Crippen molar-refractivity contribution in [3.05, 3.63) is 29.6 Å². The van der Waals surface area contributed by atoms with Crippen molar-refractivity contribution in [1.82, 2.24) is 19.2 Å². The minimum Gasteiger partial charge on any atom is -0.360 e. The molecule has 0 bridgehead atoms. The van der Waals surface area contributed by atoms with E-state index in [1.807, 2.05) is 44.2 Å². The third-order valence-corrected chi connectivity index (χ3v) is 4.57. The lowest BCUT2D eigenvalue weighted by Crippen LogP contribution is -2.36. The number of pyridine rings is 1. The molecule has 6 nitrogen and oxygen atoms in total. The van der Waals surface area contributed by atoms with Crippen LogP contribution < -0.4 is 4.90 Å². The van der Waals surface area contributed by atoms with Gasteiger partial charge in [0.2, 0.25) is 0 Å². The summed E-state index contributed by atoms with van der Waals surface area (Å²) in [6, 6.07) is 3.83. The molecule has 0 aromatic carbocycles. The molecule has 2 rings (SSSR count). The zero-order chi connectivity index (χ0) is 18.6. The summed E-state index contributed by atoms with van der Waals surface area (Å²) in [5.41, 5.74) is 2.66. The van der Waals surface area contributed by atoms with Crippen LogP contribution in [0.4, 0.5) is 5.82 Å². The summed E-state index contributed by atoms with van der Waals surface area (Å²) in [5.74, 6) is 1.15. The molecule has 0 radical (unpaired) electrons. The van der Waals surface area contributed by atoms with E-state index >= 15 is 0 Å². The van der Waals surface area contributed by atoms with E-state index in [0.717, 1.165) is 43.2 Å². The summed E-state index contributed by atoms with van der Waals surface area (Å²) in [6.07, 6.45) is 2.80. The molecule has 2 aromatic heterocycles. The Bertz CT molecular complexity index is 722. The third kappa shape index (κ3) is 4.12. The highest BCUT2D eigenvalue weighted by atomic mass is 16.2. The van der Waals surface area contributed by atoms with Crippen LogP contribution in [0.3, 0.4) is 0 Å². The number of amides is 1. The molecular weight excluding hydrogens is 314 g/mol. The van der Waals surface area contributed by atoms with Gasteiger partial charge in [0, 0.05) is 39.4 Å². The van der Waals surface area contributed by atoms with E-state index < -0.39 is 0 Å². The average molecular weight is 345 g/mol. The molecule has 0 aliphatic rings. The average Bonchev–Trinajstić information content (AvgIpc) is 2.98. The van der Waals surface area contributed by atoms with E-state index in [2.05, 4.69) is 35.1 Å². The molecule has 0 saturated carbocycles. The number of aromatic nitrogens is 2. The first-order valence-corrected chi connectivity index (χ1v) is 9.08. The number of rotatable bonds is 8. The Morgan fingerprint density at radius 2 is 1.80 bits per heavy atom. The van der Waals surface area contributed by atoms with E-state index in [0.29, 0.717) is 12.1 Å². The van der Waals surface area contributed by atoms with Crippen LogP contribution >= 0.6 is 0 Å². The molecule has 138 valence electrons. The van der Waals surface area contributed by atoms with Crippen LogP contribution in [-0.4, -0.2) is 72.4 Å². The first-order chi connectivity index (χ1) is 11.9. The number of anilines is 1. The Labute approximate surface area is 151 Å². The normalized spacial score (nSPS) is 11.3. The molecule has 0 atom stereocenters. The van der Waals surface area contributed by atoms with E-state index in [4.69, 9.17) is 4.98 Å². The van der Waals surface area contributed by atoms with Crippen molar-refractivity contribution in [2.45, 2.75) is 27.2 Å². The molecular formula is C19H31N5O. The van der Waals surface area contributed by atoms with Gasteiger partial charge in [-0.1, -0.05) is 6.92 Å². The molecule has 1 amide bonds. The molecule has 0 aliphatic carbocycles. The highest BCUT2D eigenvalue weighted by Crippen LogP contribution is 2.23. The van der Waals surface area contributed by atoms with Crippen molar-refractivity contribution >= 4 is 17.4 Å². The van der Waals surface area contributed by atoms with Gasteiger partial charge >= 0.3 is 0 Å². The first kappa shape index (κ1) is 19.2. The topological polar surface area (TPSA) is 44.1 Å². The first-order valence-electron chi connectivity index (χ1n) is 9.08. The van der Waals surface area contributed by atoms with Crippen LogP contribution in [0, 0.1) is 0 Å². The molecule has 0 unspecified atom stereocenters. The molecule has 0 N–H and O–H groups in total. The Kier molecular flexibility index (Phi) is 6.42. The fraction of sp³-hybridized carbons (Fsp3) is 0.579. The van der Waals surface area contributed by atoms with Crippen molar-refractivity contribution in [1.29, 1.82) is 0 Å². The van der Waals surface area contributed by atoms with E-state index in [1.54, 1.807) is 0 Å². The van der Waals surface area contributed by atoms with Gasteiger partial charge in [0.15, 0.2) is 0 Å². The van der Waals surface area contributed by atoms with Crippen molar-refractivity contribution in [2.75, 3.05) is 52.2 Å². The number of imidazole rings is 1. The molecule has 2 aromatic rings. The highest BCUT2D eigenvalue weighted by Gasteiger charge is 2.18. The van der Waals surface area contributed by atoms with Crippen LogP contribution in [0.1, 0.15) is 36.8 Å². The summed E-state index contributed by atoms with van der Waals surface area (Å²) in [7, 11) is 6.11. The van der Waals surface area contributed by atoms with Gasteiger partial charge in [0.1, 0.15) is 11.5 Å². The molecule has 6 heteroatoms. The minimum absolute atomic E-state index is 0.0723. The second kappa shape index (κ2) is 8.34. The minimum atomic E-state index is 0.0723. The summed E-state index contributed by atoms with van der Waals surface area (Å²) in [6.45, 7) is 9.44. The van der Waals surface area contributed by atoms with Gasteiger partial charge in [-0.05, 0) is 46.5 Å². The summed E-state index contributed by atoms with van der Waals surface area (Å²) in [5, 5.41) is 0. The lowest BCUT2D eigenvalue weighted by atomic mass is 10.2. The Hall–Kier alpha value is -2.08. The van der Waals surface area contributed by atoms with Gasteiger partial charge < -0.3 is 14.7 Å². The maximum Gasteiger partial charge on any atom is 0.255 e. The van der Waals surface area contributed by atoms with Gasteiger partial charge in [-0.15, -0.1) is 0 Å². The fourth-order valence-electron chi connectivity index (χ4n) is 2.91. The Morgan fingerprint density at radius 3 is 2.36 bits per heavy atom. The van der Waals surface area contributed by atoms with Gasteiger partial charge in [-0.25, -0.2) is 4.98 Å². The molecule has 0 aliphatic heterocycles. The number of hydrogen-bond acceptors (Lipinski definition) is 4. The standard InChI is InChI=1S/C19H31N5O/c1-7-16-18(22(6)8-2)24-14-15(10-11-17(24)20-16)19(25)23(9-3)13-12-21(4)5/h10-11,14H,7-9,12-13H2,1-6H3. The summed E-state index contributed by atoms with van der Waals surface area (Å²) >= 11 is 0. The molecule has 0 fully saturated rings. The second-order valence-electron chi connectivity index (χ2n) is 6.58. The zero-order valence-corrected chi connectivity index (χ0v) is 16.4. The smallest absolute Gasteiger partial charge is 0.255 e. The Morgan fingerprint density at radius 1 is 1.08 bits per heavy atom. The number of nitrogens with zero attached hydrogens (tertiary/aromatic N) is 5. The molecule has 0 saturated heterocycles. The van der Waals surface area contributed by atoms with Gasteiger partial charge in [0.25, 0.3) is 5.91 Å². The second-order valence-corrected chi connectivity index (χ2v) is 6.58. The van der Waals surface area contributed by atoms with Crippen molar-refractivity contribution in [2.24, 2.45) is 0 Å². The number of carbonyl (C=O) groups is 1. The summed E-state index contributed by atoms with van der Waals surface area (Å²) < 4.78 is 2.05. The highest BCUT2D eigenvalue weighted by molar-refractivity contribution is 5.94. The predicted molar refractivity (Wildman–Crippen MR) is 104 cm³/mol. The largest absolute Gasteiger partial charge is 0.360 e. The van der Waals surface area contributed by atoms with E-state index in [1.165, 1.54) is 0 Å². The third-order valence-electron chi connectivity index (χ3n) is 4.57. The SMILES string of the molecule is CCc1nc2ccc(C(=O)N(CC)CCN(C)C)cn2c1N(C)CC. The lowest BCUT2D eigenvalue weighted by molar-refractivity contribution is 0.0753. The zero-order valence-electron chi connectivity index (χ0n) is 16.4. The number of carbonyl (C=O) groups excluding carboxylic acids is 1. The monoisotopic (exact) mass is 345 g/mol. The van der Waals surface area contributed by atoms with Crippen LogP contribution in [0.5, 0.6) is 0 Å². The number of aryl methyl sites for hydroxylation is 1. The maximum atomic E-state index is 12.9. The molecule has 0 spiro atoms. The maximum absolute atomic E-state index is 12.9. The molecule has 2 heterocycles. The summed E-state index contributed by atoms with van der Waals surface area (Å²) in [4.78, 5) is 23.8. The lowest BCUT2D eigenvalue weighted by Gasteiger charge is -2.23. The van der Waals surface area contributed by atoms with Crippen LogP contribution in [0.15, 0.2) is 18.3 Å². The van der Waals surface area contributed by atoms with Crippen molar-refractivity contribution < 1.29 is 4.79 Å². The van der Waals surface area contributed by atoms with Gasteiger partial charge in [0.05, 0.1) is 11.3 Å². The van der Waals surface area contributed by atoms with Crippen LogP contribution in [0.2, 0.25) is 0 Å². The predicted octanol–water partition coefficient (Wildman–Crippen LogP) is 2.38. The van der Waals surface area contributed by atoms with Crippen LogP contribution in [-0.2, 0) is 6.42 Å².